The molecular weight excluding hydrogens is 298 g/mol. The highest BCUT2D eigenvalue weighted by Crippen LogP contribution is 2.17. The molecule has 0 aliphatic carbocycles. The van der Waals surface area contributed by atoms with Crippen LogP contribution in [0.25, 0.3) is 11.5 Å². The van der Waals surface area contributed by atoms with E-state index in [1.54, 1.807) is 9.36 Å². The number of aromatic nitrogens is 4. The van der Waals surface area contributed by atoms with E-state index in [0.717, 1.165) is 17.7 Å². The predicted molar refractivity (Wildman–Crippen MR) is 85.4 cm³/mol. The SMILES string of the molecule is CN(Cc1cnn(C)c1)Cn1nc(-c2ccccc2)oc1=S. The van der Waals surface area contributed by atoms with Gasteiger partial charge in [-0.25, -0.2) is 4.68 Å². The molecule has 2 aromatic heterocycles. The summed E-state index contributed by atoms with van der Waals surface area (Å²) in [6.45, 7) is 1.33. The molecule has 0 unspecified atom stereocenters. The third-order valence-electron chi connectivity index (χ3n) is 3.21. The first-order valence-corrected chi connectivity index (χ1v) is 7.32. The van der Waals surface area contributed by atoms with Gasteiger partial charge in [0.05, 0.1) is 12.9 Å². The van der Waals surface area contributed by atoms with E-state index < -0.39 is 0 Å². The topological polar surface area (TPSA) is 52.0 Å². The minimum Gasteiger partial charge on any atom is -0.409 e. The summed E-state index contributed by atoms with van der Waals surface area (Å²) in [7, 11) is 3.91. The number of benzene rings is 1. The Morgan fingerprint density at radius 3 is 2.73 bits per heavy atom. The van der Waals surface area contributed by atoms with Crippen LogP contribution in [0, 0.1) is 4.84 Å². The van der Waals surface area contributed by atoms with Crippen molar-refractivity contribution in [3.63, 3.8) is 0 Å². The maximum absolute atomic E-state index is 5.58. The van der Waals surface area contributed by atoms with E-state index >= 15 is 0 Å². The van der Waals surface area contributed by atoms with Crippen LogP contribution >= 0.6 is 12.2 Å². The maximum atomic E-state index is 5.58. The molecule has 0 saturated carbocycles. The number of rotatable bonds is 5. The number of nitrogens with zero attached hydrogens (tertiary/aromatic N) is 5. The van der Waals surface area contributed by atoms with Gasteiger partial charge in [-0.15, -0.1) is 5.10 Å². The number of hydrogen-bond donors (Lipinski definition) is 0. The van der Waals surface area contributed by atoms with Crippen molar-refractivity contribution in [3.8, 4) is 11.5 Å². The number of aryl methyl sites for hydroxylation is 1. The Balaban J connectivity index is 1.73. The Morgan fingerprint density at radius 2 is 2.05 bits per heavy atom. The van der Waals surface area contributed by atoms with E-state index in [-0.39, 0.29) is 0 Å². The van der Waals surface area contributed by atoms with E-state index in [0.29, 0.717) is 17.4 Å². The third kappa shape index (κ3) is 3.32. The Hall–Kier alpha value is -2.25. The van der Waals surface area contributed by atoms with Crippen molar-refractivity contribution in [3.05, 3.63) is 53.1 Å². The summed E-state index contributed by atoms with van der Waals surface area (Å²) in [5.41, 5.74) is 2.06. The van der Waals surface area contributed by atoms with Crippen LogP contribution < -0.4 is 0 Å². The molecule has 6 nitrogen and oxygen atoms in total. The molecule has 7 heteroatoms. The zero-order valence-corrected chi connectivity index (χ0v) is 13.3. The molecule has 0 radical (unpaired) electrons. The highest BCUT2D eigenvalue weighted by Gasteiger charge is 2.10. The molecule has 0 amide bonds. The normalized spacial score (nSPS) is 11.2. The maximum Gasteiger partial charge on any atom is 0.288 e. The lowest BCUT2D eigenvalue weighted by molar-refractivity contribution is 0.240. The first kappa shape index (κ1) is 14.7. The minimum absolute atomic E-state index is 0.372. The smallest absolute Gasteiger partial charge is 0.288 e. The molecule has 0 atom stereocenters. The zero-order valence-electron chi connectivity index (χ0n) is 12.5. The van der Waals surface area contributed by atoms with E-state index in [1.807, 2.05) is 56.8 Å². The average Bonchev–Trinajstić information content (AvgIpc) is 3.07. The highest BCUT2D eigenvalue weighted by molar-refractivity contribution is 7.71. The summed E-state index contributed by atoms with van der Waals surface area (Å²) in [6.07, 6.45) is 3.85. The van der Waals surface area contributed by atoms with Crippen molar-refractivity contribution in [2.45, 2.75) is 13.2 Å². The van der Waals surface area contributed by atoms with Gasteiger partial charge in [-0.2, -0.15) is 5.10 Å². The van der Waals surface area contributed by atoms with Crippen molar-refractivity contribution in [2.24, 2.45) is 7.05 Å². The number of hydrogen-bond acceptors (Lipinski definition) is 5. The van der Waals surface area contributed by atoms with Gasteiger partial charge in [-0.3, -0.25) is 9.58 Å². The largest absolute Gasteiger partial charge is 0.409 e. The van der Waals surface area contributed by atoms with E-state index in [2.05, 4.69) is 15.1 Å². The fourth-order valence-electron chi connectivity index (χ4n) is 2.24. The zero-order chi connectivity index (χ0) is 15.5. The van der Waals surface area contributed by atoms with Crippen LogP contribution in [-0.2, 0) is 20.3 Å². The van der Waals surface area contributed by atoms with Gasteiger partial charge in [0.2, 0.25) is 5.89 Å². The van der Waals surface area contributed by atoms with Crippen LogP contribution in [0.4, 0.5) is 0 Å². The van der Waals surface area contributed by atoms with Gasteiger partial charge in [-0.1, -0.05) is 18.2 Å². The first-order valence-electron chi connectivity index (χ1n) is 6.91. The average molecular weight is 315 g/mol. The molecular formula is C15H17N5OS. The predicted octanol–water partition coefficient (Wildman–Crippen LogP) is 2.70. The fraction of sp³-hybridized carbons (Fsp3) is 0.267. The lowest BCUT2D eigenvalue weighted by Gasteiger charge is -2.14. The molecule has 22 heavy (non-hydrogen) atoms. The summed E-state index contributed by atoms with van der Waals surface area (Å²) in [4.78, 5) is 2.47. The molecule has 2 heterocycles. The molecule has 0 aliphatic heterocycles. The molecule has 0 fully saturated rings. The highest BCUT2D eigenvalue weighted by atomic mass is 32.1. The van der Waals surface area contributed by atoms with Crippen LogP contribution in [0.15, 0.2) is 47.1 Å². The standard InChI is InChI=1S/C15H17N5OS/c1-18(9-12-8-16-19(2)10-12)11-20-15(22)21-14(17-20)13-6-4-3-5-7-13/h3-8,10H,9,11H2,1-2H3. The van der Waals surface area contributed by atoms with Crippen LogP contribution in [0.2, 0.25) is 0 Å². The van der Waals surface area contributed by atoms with Gasteiger partial charge in [0.25, 0.3) is 4.84 Å². The van der Waals surface area contributed by atoms with Crippen LogP contribution in [-0.4, -0.2) is 31.5 Å². The lowest BCUT2D eigenvalue weighted by Crippen LogP contribution is -2.22. The lowest BCUT2D eigenvalue weighted by atomic mass is 10.2. The molecule has 0 N–H and O–H groups in total. The summed E-state index contributed by atoms with van der Waals surface area (Å²) in [5, 5.41) is 8.62. The van der Waals surface area contributed by atoms with Gasteiger partial charge in [0, 0.05) is 30.9 Å². The molecule has 114 valence electrons. The Labute approximate surface area is 133 Å². The van der Waals surface area contributed by atoms with Crippen molar-refractivity contribution < 1.29 is 4.42 Å². The molecule has 3 rings (SSSR count). The van der Waals surface area contributed by atoms with Crippen LogP contribution in [0.3, 0.4) is 0 Å². The summed E-state index contributed by atoms with van der Waals surface area (Å²) in [6, 6.07) is 9.74. The fourth-order valence-corrected chi connectivity index (χ4v) is 2.41. The van der Waals surface area contributed by atoms with Crippen molar-refractivity contribution in [2.75, 3.05) is 7.05 Å². The Morgan fingerprint density at radius 1 is 1.27 bits per heavy atom. The second-order valence-electron chi connectivity index (χ2n) is 5.22. The Kier molecular flexibility index (Phi) is 4.17. The van der Waals surface area contributed by atoms with E-state index in [9.17, 15) is 0 Å². The van der Waals surface area contributed by atoms with Crippen molar-refractivity contribution in [1.82, 2.24) is 24.5 Å². The van der Waals surface area contributed by atoms with Crippen LogP contribution in [0.5, 0.6) is 0 Å². The third-order valence-corrected chi connectivity index (χ3v) is 3.51. The second kappa shape index (κ2) is 6.25. The molecule has 0 aliphatic rings. The van der Waals surface area contributed by atoms with Crippen molar-refractivity contribution >= 4 is 12.2 Å². The Bertz CT molecular complexity index is 805. The molecule has 0 saturated heterocycles. The van der Waals surface area contributed by atoms with Gasteiger partial charge in [0.15, 0.2) is 0 Å². The summed E-state index contributed by atoms with van der Waals surface area (Å²) >= 11 is 5.25. The van der Waals surface area contributed by atoms with Gasteiger partial charge >= 0.3 is 0 Å². The summed E-state index contributed by atoms with van der Waals surface area (Å²) < 4.78 is 9.06. The van der Waals surface area contributed by atoms with E-state index in [4.69, 9.17) is 16.6 Å². The van der Waals surface area contributed by atoms with Gasteiger partial charge in [0.1, 0.15) is 0 Å². The quantitative estimate of drug-likeness (QED) is 0.678. The van der Waals surface area contributed by atoms with Crippen molar-refractivity contribution in [1.29, 1.82) is 0 Å². The summed E-state index contributed by atoms with van der Waals surface area (Å²) in [5.74, 6) is 0.542. The van der Waals surface area contributed by atoms with Gasteiger partial charge in [-0.05, 0) is 31.4 Å². The first-order chi connectivity index (χ1) is 10.6. The van der Waals surface area contributed by atoms with Gasteiger partial charge < -0.3 is 4.42 Å². The minimum atomic E-state index is 0.372. The van der Waals surface area contributed by atoms with Crippen LogP contribution in [0.1, 0.15) is 5.56 Å². The molecule has 0 spiro atoms. The molecule has 0 bridgehead atoms. The second-order valence-corrected chi connectivity index (χ2v) is 5.57. The monoisotopic (exact) mass is 315 g/mol. The van der Waals surface area contributed by atoms with E-state index in [1.165, 1.54) is 0 Å². The molecule has 1 aromatic carbocycles. The molecule has 3 aromatic rings.